The van der Waals surface area contributed by atoms with E-state index in [1.165, 1.54) is 19.2 Å². The predicted octanol–water partition coefficient (Wildman–Crippen LogP) is 3.12. The fourth-order valence-corrected chi connectivity index (χ4v) is 4.23. The van der Waals surface area contributed by atoms with Crippen LogP contribution in [0.2, 0.25) is 10.0 Å². The lowest BCUT2D eigenvalue weighted by Gasteiger charge is -2.26. The van der Waals surface area contributed by atoms with E-state index >= 15 is 0 Å². The molecule has 1 N–H and O–H groups in total. The third-order valence-corrected chi connectivity index (χ3v) is 6.03. The standard InChI is InChI=1S/C16H15Cl2NO5S/c1-22-13-6-7-14(16(18)15(13)17)25(20,21)19-8-10-9-23-11-4-2-3-5-12(11)24-10/h2-7,10,19H,8-9H2,1H3/t10-/m0/s1. The molecule has 1 aliphatic heterocycles. The Morgan fingerprint density at radius 2 is 1.88 bits per heavy atom. The highest BCUT2D eigenvalue weighted by Crippen LogP contribution is 2.36. The average molecular weight is 404 g/mol. The van der Waals surface area contributed by atoms with Gasteiger partial charge in [0.15, 0.2) is 11.5 Å². The Kier molecular flexibility index (Phi) is 5.29. The summed E-state index contributed by atoms with van der Waals surface area (Å²) < 4.78 is 43.8. The first-order valence-electron chi connectivity index (χ1n) is 7.32. The highest BCUT2D eigenvalue weighted by Gasteiger charge is 2.26. The number of hydrogen-bond donors (Lipinski definition) is 1. The number of sulfonamides is 1. The number of para-hydroxylation sites is 2. The van der Waals surface area contributed by atoms with E-state index in [9.17, 15) is 8.42 Å². The lowest BCUT2D eigenvalue weighted by molar-refractivity contribution is 0.0943. The SMILES string of the molecule is COc1ccc(S(=O)(=O)NC[C@H]2COc3ccccc3O2)c(Cl)c1Cl. The van der Waals surface area contributed by atoms with Crippen LogP contribution in [-0.4, -0.2) is 34.8 Å². The summed E-state index contributed by atoms with van der Waals surface area (Å²) in [5.41, 5.74) is 0. The molecule has 1 aliphatic rings. The van der Waals surface area contributed by atoms with Gasteiger partial charge in [0.1, 0.15) is 28.4 Å². The number of ether oxygens (including phenoxy) is 3. The summed E-state index contributed by atoms with van der Waals surface area (Å²) in [7, 11) is -2.45. The Hall–Kier alpha value is -1.67. The Balaban J connectivity index is 1.72. The molecular formula is C16H15Cl2NO5S. The third-order valence-electron chi connectivity index (χ3n) is 3.59. The molecule has 25 heavy (non-hydrogen) atoms. The van der Waals surface area contributed by atoms with E-state index in [1.807, 2.05) is 12.1 Å². The maximum absolute atomic E-state index is 12.5. The van der Waals surface area contributed by atoms with Crippen LogP contribution in [0.5, 0.6) is 17.2 Å². The summed E-state index contributed by atoms with van der Waals surface area (Å²) >= 11 is 12.1. The summed E-state index contributed by atoms with van der Waals surface area (Å²) in [4.78, 5) is -0.128. The number of hydrogen-bond acceptors (Lipinski definition) is 5. The fourth-order valence-electron chi connectivity index (χ4n) is 2.32. The molecule has 0 saturated carbocycles. The molecule has 0 saturated heterocycles. The zero-order valence-electron chi connectivity index (χ0n) is 13.2. The molecule has 3 rings (SSSR count). The normalized spacial score (nSPS) is 16.5. The number of benzene rings is 2. The Morgan fingerprint density at radius 3 is 2.60 bits per heavy atom. The summed E-state index contributed by atoms with van der Waals surface area (Å²) in [6.45, 7) is 0.257. The van der Waals surface area contributed by atoms with E-state index in [0.29, 0.717) is 17.2 Å². The highest BCUT2D eigenvalue weighted by molar-refractivity contribution is 7.89. The number of fused-ring (bicyclic) bond motifs is 1. The molecule has 0 bridgehead atoms. The molecule has 0 unspecified atom stereocenters. The fraction of sp³-hybridized carbons (Fsp3) is 0.250. The van der Waals surface area contributed by atoms with Gasteiger partial charge in [-0.2, -0.15) is 0 Å². The first-order chi connectivity index (χ1) is 11.9. The summed E-state index contributed by atoms with van der Waals surface area (Å²) in [6, 6.07) is 9.97. The van der Waals surface area contributed by atoms with Crippen molar-refractivity contribution in [1.29, 1.82) is 0 Å². The molecule has 9 heteroatoms. The van der Waals surface area contributed by atoms with Gasteiger partial charge in [-0.1, -0.05) is 35.3 Å². The second-order valence-corrected chi connectivity index (χ2v) is 7.73. The first-order valence-corrected chi connectivity index (χ1v) is 9.56. The molecule has 2 aromatic carbocycles. The van der Waals surface area contributed by atoms with Crippen LogP contribution in [0.15, 0.2) is 41.3 Å². The summed E-state index contributed by atoms with van der Waals surface area (Å²) in [5, 5.41) is -0.0575. The van der Waals surface area contributed by atoms with E-state index < -0.39 is 16.1 Å². The molecule has 0 fully saturated rings. The van der Waals surface area contributed by atoms with E-state index in [-0.39, 0.29) is 28.1 Å². The minimum atomic E-state index is -3.87. The van der Waals surface area contributed by atoms with Crippen LogP contribution in [0.25, 0.3) is 0 Å². The monoisotopic (exact) mass is 403 g/mol. The third kappa shape index (κ3) is 3.79. The number of rotatable bonds is 5. The van der Waals surface area contributed by atoms with Crippen molar-refractivity contribution in [2.45, 2.75) is 11.0 Å². The van der Waals surface area contributed by atoms with Gasteiger partial charge in [-0.05, 0) is 24.3 Å². The number of methoxy groups -OCH3 is 1. The largest absolute Gasteiger partial charge is 0.495 e. The van der Waals surface area contributed by atoms with Crippen LogP contribution in [0.3, 0.4) is 0 Å². The van der Waals surface area contributed by atoms with Crippen molar-refractivity contribution in [2.24, 2.45) is 0 Å². The van der Waals surface area contributed by atoms with Crippen molar-refractivity contribution in [2.75, 3.05) is 20.3 Å². The van der Waals surface area contributed by atoms with Crippen molar-refractivity contribution < 1.29 is 22.6 Å². The first kappa shape index (κ1) is 18.1. The van der Waals surface area contributed by atoms with Crippen LogP contribution in [-0.2, 0) is 10.0 Å². The molecule has 0 aromatic heterocycles. The smallest absolute Gasteiger partial charge is 0.242 e. The molecule has 0 aliphatic carbocycles. The van der Waals surface area contributed by atoms with Gasteiger partial charge in [0.2, 0.25) is 10.0 Å². The van der Waals surface area contributed by atoms with Crippen molar-refractivity contribution in [3.05, 3.63) is 46.4 Å². The van der Waals surface area contributed by atoms with Gasteiger partial charge in [0, 0.05) is 0 Å². The number of halogens is 2. The van der Waals surface area contributed by atoms with E-state index in [1.54, 1.807) is 12.1 Å². The highest BCUT2D eigenvalue weighted by atomic mass is 35.5. The quantitative estimate of drug-likeness (QED) is 0.829. The summed E-state index contributed by atoms with van der Waals surface area (Å²) in [6.07, 6.45) is -0.461. The van der Waals surface area contributed by atoms with Gasteiger partial charge >= 0.3 is 0 Å². The average Bonchev–Trinajstić information content (AvgIpc) is 2.62. The van der Waals surface area contributed by atoms with Crippen molar-refractivity contribution >= 4 is 33.2 Å². The molecule has 1 heterocycles. The lowest BCUT2D eigenvalue weighted by atomic mass is 10.2. The molecule has 0 spiro atoms. The number of nitrogens with one attached hydrogen (secondary N) is 1. The van der Waals surface area contributed by atoms with Crippen LogP contribution >= 0.6 is 23.2 Å². The summed E-state index contributed by atoms with van der Waals surface area (Å²) in [5.74, 6) is 1.50. The van der Waals surface area contributed by atoms with Crippen LogP contribution in [0, 0.1) is 0 Å². The van der Waals surface area contributed by atoms with Gasteiger partial charge < -0.3 is 14.2 Å². The second kappa shape index (κ2) is 7.29. The predicted molar refractivity (Wildman–Crippen MR) is 94.6 cm³/mol. The van der Waals surface area contributed by atoms with Crippen LogP contribution in [0.1, 0.15) is 0 Å². The zero-order valence-corrected chi connectivity index (χ0v) is 15.5. The van der Waals surface area contributed by atoms with Gasteiger partial charge in [-0.15, -0.1) is 0 Å². The minimum Gasteiger partial charge on any atom is -0.495 e. The maximum Gasteiger partial charge on any atom is 0.242 e. The zero-order chi connectivity index (χ0) is 18.0. The van der Waals surface area contributed by atoms with E-state index in [0.717, 1.165) is 0 Å². The topological polar surface area (TPSA) is 73.9 Å². The van der Waals surface area contributed by atoms with Crippen molar-refractivity contribution in [1.82, 2.24) is 4.72 Å². The minimum absolute atomic E-state index is 0.0244. The Labute approximate surface area is 155 Å². The molecule has 1 atom stereocenters. The maximum atomic E-state index is 12.5. The van der Waals surface area contributed by atoms with Crippen LogP contribution in [0.4, 0.5) is 0 Å². The molecule has 2 aromatic rings. The Bertz CT molecular complexity index is 888. The van der Waals surface area contributed by atoms with Crippen molar-refractivity contribution in [3.8, 4) is 17.2 Å². The van der Waals surface area contributed by atoms with Gasteiger partial charge in [-0.25, -0.2) is 13.1 Å². The van der Waals surface area contributed by atoms with Gasteiger partial charge in [0.05, 0.1) is 18.7 Å². The van der Waals surface area contributed by atoms with Crippen molar-refractivity contribution in [3.63, 3.8) is 0 Å². The van der Waals surface area contributed by atoms with Gasteiger partial charge in [0.25, 0.3) is 0 Å². The van der Waals surface area contributed by atoms with Gasteiger partial charge in [-0.3, -0.25) is 0 Å². The van der Waals surface area contributed by atoms with E-state index in [2.05, 4.69) is 4.72 Å². The molecule has 134 valence electrons. The second-order valence-electron chi connectivity index (χ2n) is 5.24. The molecule has 6 nitrogen and oxygen atoms in total. The van der Waals surface area contributed by atoms with E-state index in [4.69, 9.17) is 37.4 Å². The van der Waals surface area contributed by atoms with Crippen LogP contribution < -0.4 is 18.9 Å². The molecule has 0 radical (unpaired) electrons. The molecule has 0 amide bonds. The lowest BCUT2D eigenvalue weighted by Crippen LogP contribution is -2.40. The molecular weight excluding hydrogens is 389 g/mol. The Morgan fingerprint density at radius 1 is 1.16 bits per heavy atom.